The molecule has 0 saturated heterocycles. The van der Waals surface area contributed by atoms with E-state index < -0.39 is 0 Å². The van der Waals surface area contributed by atoms with E-state index in [1.165, 1.54) is 55.3 Å². The second-order valence-electron chi connectivity index (χ2n) is 15.7. The molecule has 1 aliphatic rings. The summed E-state index contributed by atoms with van der Waals surface area (Å²) in [6.45, 7) is 4.72. The van der Waals surface area contributed by atoms with E-state index in [0.29, 0.717) is 17.5 Å². The number of aromatic nitrogens is 4. The van der Waals surface area contributed by atoms with E-state index in [2.05, 4.69) is 152 Å². The molecule has 274 valence electrons. The molecule has 58 heavy (non-hydrogen) atoms. The zero-order valence-electron chi connectivity index (χ0n) is 32.3. The van der Waals surface area contributed by atoms with E-state index in [9.17, 15) is 0 Å². The van der Waals surface area contributed by atoms with Crippen LogP contribution in [0.3, 0.4) is 0 Å². The van der Waals surface area contributed by atoms with Gasteiger partial charge in [-0.2, -0.15) is 0 Å². The maximum atomic E-state index is 5.10. The Labute approximate surface area is 337 Å². The predicted molar refractivity (Wildman–Crippen MR) is 239 cm³/mol. The van der Waals surface area contributed by atoms with Gasteiger partial charge in [-0.05, 0) is 74.8 Å². The number of hydrogen-bond donors (Lipinski definition) is 0. The highest BCUT2D eigenvalue weighted by Crippen LogP contribution is 2.52. The van der Waals surface area contributed by atoms with Crippen molar-refractivity contribution in [2.24, 2.45) is 0 Å². The van der Waals surface area contributed by atoms with Gasteiger partial charge in [-0.25, -0.2) is 15.0 Å². The fourth-order valence-electron chi connectivity index (χ4n) is 9.09. The Hall–Kier alpha value is -7.43. The van der Waals surface area contributed by atoms with Crippen LogP contribution < -0.4 is 0 Å². The van der Waals surface area contributed by atoms with Gasteiger partial charge >= 0.3 is 0 Å². The molecule has 4 nitrogen and oxygen atoms in total. The Morgan fingerprint density at radius 1 is 0.362 bits per heavy atom. The minimum absolute atomic E-state index is 0.125. The van der Waals surface area contributed by atoms with E-state index in [-0.39, 0.29) is 5.41 Å². The molecule has 0 bridgehead atoms. The van der Waals surface area contributed by atoms with Crippen LogP contribution in [0.1, 0.15) is 25.0 Å². The number of hydrogen-bond acceptors (Lipinski definition) is 3. The van der Waals surface area contributed by atoms with E-state index in [1.54, 1.807) is 0 Å². The third-order valence-electron chi connectivity index (χ3n) is 11.8. The molecule has 0 unspecified atom stereocenters. The maximum Gasteiger partial charge on any atom is 0.164 e. The predicted octanol–water partition coefficient (Wildman–Crippen LogP) is 13.6. The molecule has 8 aromatic carbocycles. The van der Waals surface area contributed by atoms with Crippen molar-refractivity contribution in [1.82, 2.24) is 19.5 Å². The first-order valence-corrected chi connectivity index (χ1v) is 19.9. The van der Waals surface area contributed by atoms with Crippen molar-refractivity contribution in [1.29, 1.82) is 0 Å². The topological polar surface area (TPSA) is 43.6 Å². The normalized spacial score (nSPS) is 12.8. The Morgan fingerprint density at radius 2 is 0.914 bits per heavy atom. The molecule has 0 aliphatic heterocycles. The Kier molecular flexibility index (Phi) is 7.80. The number of fused-ring (bicyclic) bond motifs is 6. The van der Waals surface area contributed by atoms with Gasteiger partial charge in [0.25, 0.3) is 0 Å². The molecule has 2 heterocycles. The SMILES string of the molecule is CC1(C)c2ccccc2-c2cccc(-c3ccc4c(c3)c3ccc(-c5nc(-c6ccccc6)nc(-c6ccccc6)n5)cc3n4-c3cccc(-c4ccccc4)c3)c21. The lowest BCUT2D eigenvalue weighted by molar-refractivity contribution is 0.662. The lowest BCUT2D eigenvalue weighted by Gasteiger charge is -2.24. The molecule has 11 rings (SSSR count). The molecule has 0 saturated carbocycles. The molecule has 1 aliphatic carbocycles. The first kappa shape index (κ1) is 33.9. The van der Waals surface area contributed by atoms with Crippen molar-refractivity contribution in [2.75, 3.05) is 0 Å². The maximum absolute atomic E-state index is 5.10. The minimum Gasteiger partial charge on any atom is -0.309 e. The van der Waals surface area contributed by atoms with Gasteiger partial charge in [0.05, 0.1) is 11.0 Å². The van der Waals surface area contributed by atoms with Crippen LogP contribution in [-0.2, 0) is 5.41 Å². The standard InChI is InChI=1S/C54H38N4/c1-54(2)47-27-13-12-24-43(47)45-26-15-25-42(50(45)54)39-29-31-48-46(33-39)44-30-28-40(34-49(44)58(48)41-23-14-22-38(32-41)35-16-6-3-7-17-35)53-56-51(36-18-8-4-9-19-36)55-52(57-53)37-20-10-5-11-21-37/h3-34H,1-2H3. The summed E-state index contributed by atoms with van der Waals surface area (Å²) in [5, 5.41) is 2.36. The second kappa shape index (κ2) is 13.4. The Bertz CT molecular complexity index is 3120. The van der Waals surface area contributed by atoms with Crippen molar-refractivity contribution in [3.63, 3.8) is 0 Å². The van der Waals surface area contributed by atoms with E-state index in [0.717, 1.165) is 33.4 Å². The van der Waals surface area contributed by atoms with Crippen LogP contribution in [0.5, 0.6) is 0 Å². The third-order valence-corrected chi connectivity index (χ3v) is 11.8. The van der Waals surface area contributed by atoms with Gasteiger partial charge in [-0.3, -0.25) is 0 Å². The molecule has 4 heteroatoms. The molecule has 0 radical (unpaired) electrons. The van der Waals surface area contributed by atoms with Gasteiger partial charge in [0.1, 0.15) is 0 Å². The summed E-state index contributed by atoms with van der Waals surface area (Å²) in [7, 11) is 0. The zero-order valence-corrected chi connectivity index (χ0v) is 32.3. The largest absolute Gasteiger partial charge is 0.309 e. The highest BCUT2D eigenvalue weighted by Gasteiger charge is 2.37. The molecule has 10 aromatic rings. The van der Waals surface area contributed by atoms with Crippen molar-refractivity contribution >= 4 is 21.8 Å². The van der Waals surface area contributed by atoms with Crippen molar-refractivity contribution in [3.8, 4) is 73.2 Å². The van der Waals surface area contributed by atoms with Gasteiger partial charge < -0.3 is 4.57 Å². The van der Waals surface area contributed by atoms with Gasteiger partial charge in [0, 0.05) is 38.6 Å². The molecular weight excluding hydrogens is 705 g/mol. The van der Waals surface area contributed by atoms with Gasteiger partial charge in [-0.15, -0.1) is 0 Å². The Morgan fingerprint density at radius 3 is 1.62 bits per heavy atom. The monoisotopic (exact) mass is 742 g/mol. The summed E-state index contributed by atoms with van der Waals surface area (Å²) in [4.78, 5) is 15.2. The molecule has 0 atom stereocenters. The first-order chi connectivity index (χ1) is 28.5. The van der Waals surface area contributed by atoms with Gasteiger partial charge in [-0.1, -0.05) is 178 Å². The summed E-state index contributed by atoms with van der Waals surface area (Å²) >= 11 is 0. The van der Waals surface area contributed by atoms with Crippen LogP contribution in [0, 0.1) is 0 Å². The Balaban J connectivity index is 1.14. The summed E-state index contributed by atoms with van der Waals surface area (Å²) < 4.78 is 2.40. The fraction of sp³-hybridized carbons (Fsp3) is 0.0556. The van der Waals surface area contributed by atoms with E-state index in [4.69, 9.17) is 15.0 Å². The second-order valence-corrected chi connectivity index (χ2v) is 15.7. The number of nitrogens with zero attached hydrogens (tertiary/aromatic N) is 4. The summed E-state index contributed by atoms with van der Waals surface area (Å²) in [5.41, 5.74) is 16.3. The van der Waals surface area contributed by atoms with Crippen molar-refractivity contribution < 1.29 is 0 Å². The van der Waals surface area contributed by atoms with E-state index >= 15 is 0 Å². The van der Waals surface area contributed by atoms with E-state index in [1.807, 2.05) is 60.7 Å². The van der Waals surface area contributed by atoms with Crippen LogP contribution in [0.2, 0.25) is 0 Å². The van der Waals surface area contributed by atoms with Crippen LogP contribution in [0.15, 0.2) is 194 Å². The average Bonchev–Trinajstić information content (AvgIpc) is 3.74. The summed E-state index contributed by atoms with van der Waals surface area (Å²) in [5.74, 6) is 1.92. The lowest BCUT2D eigenvalue weighted by atomic mass is 9.79. The molecule has 0 amide bonds. The summed E-state index contributed by atoms with van der Waals surface area (Å²) in [6, 6.07) is 69.1. The molecular formula is C54H38N4. The fourth-order valence-corrected chi connectivity index (χ4v) is 9.09. The molecule has 0 N–H and O–H groups in total. The first-order valence-electron chi connectivity index (χ1n) is 19.9. The van der Waals surface area contributed by atoms with Crippen LogP contribution in [0.4, 0.5) is 0 Å². The van der Waals surface area contributed by atoms with Crippen LogP contribution in [-0.4, -0.2) is 19.5 Å². The average molecular weight is 743 g/mol. The van der Waals surface area contributed by atoms with Gasteiger partial charge in [0.15, 0.2) is 17.5 Å². The van der Waals surface area contributed by atoms with Crippen molar-refractivity contribution in [3.05, 3.63) is 205 Å². The van der Waals surface area contributed by atoms with Gasteiger partial charge in [0.2, 0.25) is 0 Å². The molecule has 0 spiro atoms. The minimum atomic E-state index is -0.125. The smallest absolute Gasteiger partial charge is 0.164 e. The zero-order chi connectivity index (χ0) is 38.8. The van der Waals surface area contributed by atoms with Crippen LogP contribution >= 0.6 is 0 Å². The van der Waals surface area contributed by atoms with Crippen molar-refractivity contribution in [2.45, 2.75) is 19.3 Å². The highest BCUT2D eigenvalue weighted by atomic mass is 15.0. The number of rotatable bonds is 6. The number of benzene rings is 8. The highest BCUT2D eigenvalue weighted by molar-refractivity contribution is 6.11. The van der Waals surface area contributed by atoms with Crippen LogP contribution in [0.25, 0.3) is 95.0 Å². The summed E-state index contributed by atoms with van der Waals surface area (Å²) in [6.07, 6.45) is 0. The molecule has 2 aromatic heterocycles. The quantitative estimate of drug-likeness (QED) is 0.170. The molecule has 0 fully saturated rings. The lowest BCUT2D eigenvalue weighted by Crippen LogP contribution is -2.16. The third kappa shape index (κ3) is 5.48.